The highest BCUT2D eigenvalue weighted by atomic mass is 16.7. The van der Waals surface area contributed by atoms with Gasteiger partial charge in [-0.15, -0.1) is 0 Å². The maximum absolute atomic E-state index is 12.9. The number of fused-ring (bicyclic) bond motifs is 2. The van der Waals surface area contributed by atoms with Crippen LogP contribution < -0.4 is 5.73 Å². The second kappa shape index (κ2) is 8.00. The molecule has 2 aromatic rings. The number of phenols is 2. The first-order chi connectivity index (χ1) is 14.8. The standard InChI is InChI=1S/C21H21NO9/c22-15-20(29)18(27)12(6-23)31-21(15)30-7-8-4-5-10-14(16(8)25)19(28)13-9(17(10)26)2-1-3-11(13)24/h1-5,12,15,18,20-21,23-25,27,29H,6-7,22H2/t12-,15-,18-,20-,21-/m1/s1. The third-order valence-electron chi connectivity index (χ3n) is 5.58. The number of aliphatic hydroxyl groups excluding tert-OH is 3. The molecular weight excluding hydrogens is 410 g/mol. The quantitative estimate of drug-likeness (QED) is 0.305. The van der Waals surface area contributed by atoms with Gasteiger partial charge in [-0.3, -0.25) is 9.59 Å². The Morgan fingerprint density at radius 3 is 2.39 bits per heavy atom. The molecule has 1 saturated heterocycles. The Bertz CT molecular complexity index is 1050. The summed E-state index contributed by atoms with van der Waals surface area (Å²) in [5, 5.41) is 49.9. The van der Waals surface area contributed by atoms with E-state index in [0.29, 0.717) is 0 Å². The van der Waals surface area contributed by atoms with Crippen LogP contribution in [0.1, 0.15) is 37.4 Å². The van der Waals surface area contributed by atoms with Gasteiger partial charge in [0.25, 0.3) is 0 Å². The van der Waals surface area contributed by atoms with Gasteiger partial charge < -0.3 is 40.7 Å². The van der Waals surface area contributed by atoms with E-state index in [0.717, 1.165) is 0 Å². The minimum Gasteiger partial charge on any atom is -0.507 e. The molecule has 2 aromatic carbocycles. The summed E-state index contributed by atoms with van der Waals surface area (Å²) in [5.74, 6) is -2.07. The van der Waals surface area contributed by atoms with Crippen molar-refractivity contribution in [3.63, 3.8) is 0 Å². The maximum atomic E-state index is 12.9. The van der Waals surface area contributed by atoms with Crippen molar-refractivity contribution < 1.29 is 44.6 Å². The molecule has 1 heterocycles. The van der Waals surface area contributed by atoms with Gasteiger partial charge in [-0.1, -0.05) is 18.2 Å². The Labute approximate surface area is 176 Å². The molecule has 10 heteroatoms. The van der Waals surface area contributed by atoms with E-state index in [1.54, 1.807) is 0 Å². The largest absolute Gasteiger partial charge is 0.507 e. The van der Waals surface area contributed by atoms with Crippen LogP contribution in [0.4, 0.5) is 0 Å². The van der Waals surface area contributed by atoms with Gasteiger partial charge in [0.15, 0.2) is 12.1 Å². The first kappa shape index (κ1) is 21.4. The van der Waals surface area contributed by atoms with Crippen molar-refractivity contribution in [3.8, 4) is 11.5 Å². The molecular formula is C21H21NO9. The van der Waals surface area contributed by atoms with Gasteiger partial charge in [0.1, 0.15) is 29.8 Å². The first-order valence-corrected chi connectivity index (χ1v) is 9.52. The van der Waals surface area contributed by atoms with Crippen LogP contribution in [-0.2, 0) is 16.1 Å². The number of phenolic OH excluding ortho intramolecular Hbond substituents is 2. The van der Waals surface area contributed by atoms with Crippen LogP contribution in [0.3, 0.4) is 0 Å². The van der Waals surface area contributed by atoms with Gasteiger partial charge >= 0.3 is 0 Å². The number of rotatable bonds is 4. The SMILES string of the molecule is N[C@H]1[C@H](OCc2ccc3c(c2O)C(=O)c2c(O)cccc2C3=O)O[C@H](CO)[C@@H](O)[C@@H]1O. The molecule has 0 aromatic heterocycles. The Balaban J connectivity index is 1.61. The molecule has 5 atom stereocenters. The molecule has 1 fully saturated rings. The van der Waals surface area contributed by atoms with Crippen molar-refractivity contribution in [1.29, 1.82) is 0 Å². The van der Waals surface area contributed by atoms with Crippen LogP contribution in [-0.4, -0.2) is 74.3 Å². The molecule has 10 nitrogen and oxygen atoms in total. The van der Waals surface area contributed by atoms with Crippen LogP contribution in [0.5, 0.6) is 11.5 Å². The van der Waals surface area contributed by atoms with Crippen LogP contribution in [0.25, 0.3) is 0 Å². The number of aromatic hydroxyl groups is 2. The summed E-state index contributed by atoms with van der Waals surface area (Å²) in [6, 6.07) is 5.78. The van der Waals surface area contributed by atoms with Crippen molar-refractivity contribution in [2.24, 2.45) is 5.73 Å². The first-order valence-electron chi connectivity index (χ1n) is 9.52. The van der Waals surface area contributed by atoms with Crippen molar-refractivity contribution in [2.75, 3.05) is 6.61 Å². The van der Waals surface area contributed by atoms with Crippen molar-refractivity contribution in [3.05, 3.63) is 58.1 Å². The van der Waals surface area contributed by atoms with E-state index in [-0.39, 0.29) is 40.2 Å². The number of carbonyl (C=O) groups is 2. The molecule has 1 aliphatic carbocycles. The van der Waals surface area contributed by atoms with Crippen molar-refractivity contribution >= 4 is 11.6 Å². The molecule has 1 aliphatic heterocycles. The fourth-order valence-electron chi connectivity index (χ4n) is 3.83. The molecule has 0 radical (unpaired) electrons. The van der Waals surface area contributed by atoms with E-state index in [2.05, 4.69) is 0 Å². The molecule has 0 unspecified atom stereocenters. The number of hydrogen-bond acceptors (Lipinski definition) is 10. The van der Waals surface area contributed by atoms with Crippen LogP contribution in [0.2, 0.25) is 0 Å². The lowest BCUT2D eigenvalue weighted by Gasteiger charge is -2.40. The van der Waals surface area contributed by atoms with E-state index < -0.39 is 54.6 Å². The average molecular weight is 431 g/mol. The van der Waals surface area contributed by atoms with E-state index in [1.807, 2.05) is 0 Å². The summed E-state index contributed by atoms with van der Waals surface area (Å²) < 4.78 is 10.9. The molecule has 0 spiro atoms. The minimum atomic E-state index is -1.41. The third kappa shape index (κ3) is 3.39. The number of aliphatic hydroxyl groups is 3. The highest BCUT2D eigenvalue weighted by Gasteiger charge is 2.43. The second-order valence-corrected chi connectivity index (χ2v) is 7.45. The fourth-order valence-corrected chi connectivity index (χ4v) is 3.83. The number of hydrogen-bond donors (Lipinski definition) is 6. The van der Waals surface area contributed by atoms with E-state index in [4.69, 9.17) is 15.2 Å². The number of ether oxygens (including phenoxy) is 2. The Hall–Kier alpha value is -2.86. The molecule has 0 amide bonds. The van der Waals surface area contributed by atoms with Crippen molar-refractivity contribution in [2.45, 2.75) is 37.3 Å². The maximum Gasteiger partial charge on any atom is 0.201 e. The lowest BCUT2D eigenvalue weighted by Crippen LogP contribution is -2.62. The van der Waals surface area contributed by atoms with Gasteiger partial charge in [-0.25, -0.2) is 0 Å². The zero-order valence-corrected chi connectivity index (χ0v) is 16.1. The average Bonchev–Trinajstić information content (AvgIpc) is 2.76. The van der Waals surface area contributed by atoms with Crippen LogP contribution >= 0.6 is 0 Å². The van der Waals surface area contributed by atoms with Gasteiger partial charge in [-0.05, 0) is 12.1 Å². The summed E-state index contributed by atoms with van der Waals surface area (Å²) >= 11 is 0. The highest BCUT2D eigenvalue weighted by Crippen LogP contribution is 2.38. The molecule has 4 rings (SSSR count). The predicted octanol–water partition coefficient (Wildman–Crippen LogP) is -0.844. The van der Waals surface area contributed by atoms with Gasteiger partial charge in [0.05, 0.1) is 30.4 Å². The zero-order valence-electron chi connectivity index (χ0n) is 16.1. The highest BCUT2D eigenvalue weighted by molar-refractivity contribution is 6.30. The molecule has 0 saturated carbocycles. The minimum absolute atomic E-state index is 0.00569. The number of nitrogens with two attached hydrogens (primary N) is 1. The molecule has 31 heavy (non-hydrogen) atoms. The topological polar surface area (TPSA) is 180 Å². The molecule has 164 valence electrons. The Morgan fingerprint density at radius 1 is 0.968 bits per heavy atom. The lowest BCUT2D eigenvalue weighted by atomic mass is 9.82. The molecule has 7 N–H and O–H groups in total. The van der Waals surface area contributed by atoms with E-state index in [9.17, 15) is 35.1 Å². The zero-order chi connectivity index (χ0) is 22.4. The van der Waals surface area contributed by atoms with E-state index in [1.165, 1.54) is 30.3 Å². The van der Waals surface area contributed by atoms with Crippen molar-refractivity contribution in [1.82, 2.24) is 0 Å². The lowest BCUT2D eigenvalue weighted by molar-refractivity contribution is -0.269. The molecule has 2 aliphatic rings. The van der Waals surface area contributed by atoms with Gasteiger partial charge in [0.2, 0.25) is 5.78 Å². The summed E-state index contributed by atoms with van der Waals surface area (Å²) in [6.07, 6.45) is -5.14. The summed E-state index contributed by atoms with van der Waals surface area (Å²) in [7, 11) is 0. The summed E-state index contributed by atoms with van der Waals surface area (Å²) in [5.41, 5.74) is 5.56. The van der Waals surface area contributed by atoms with E-state index >= 15 is 0 Å². The van der Waals surface area contributed by atoms with Crippen LogP contribution in [0.15, 0.2) is 30.3 Å². The smallest absolute Gasteiger partial charge is 0.201 e. The second-order valence-electron chi connectivity index (χ2n) is 7.45. The normalized spacial score (nSPS) is 27.7. The van der Waals surface area contributed by atoms with Gasteiger partial charge in [0, 0.05) is 16.7 Å². The fraction of sp³-hybridized carbons (Fsp3) is 0.333. The predicted molar refractivity (Wildman–Crippen MR) is 104 cm³/mol. The third-order valence-corrected chi connectivity index (χ3v) is 5.58. The van der Waals surface area contributed by atoms with Gasteiger partial charge in [-0.2, -0.15) is 0 Å². The number of benzene rings is 2. The number of ketones is 2. The molecule has 0 bridgehead atoms. The Morgan fingerprint density at radius 2 is 1.68 bits per heavy atom. The van der Waals surface area contributed by atoms with Crippen LogP contribution in [0, 0.1) is 0 Å². The summed E-state index contributed by atoms with van der Waals surface area (Å²) in [4.78, 5) is 25.7. The number of carbonyl (C=O) groups excluding carboxylic acids is 2. The summed E-state index contributed by atoms with van der Waals surface area (Å²) in [6.45, 7) is -0.887. The monoisotopic (exact) mass is 431 g/mol. The Kier molecular flexibility index (Phi) is 5.52.